The smallest absolute Gasteiger partial charge is 0.185 e. The van der Waals surface area contributed by atoms with E-state index in [2.05, 4.69) is 0 Å². The quantitative estimate of drug-likeness (QED) is 0.457. The van der Waals surface area contributed by atoms with Crippen molar-refractivity contribution in [1.82, 2.24) is 0 Å². The fourth-order valence-corrected chi connectivity index (χ4v) is 2.27. The topological polar surface area (TPSA) is 65.5 Å². The van der Waals surface area contributed by atoms with Crippen LogP contribution in [0.1, 0.15) is 19.8 Å². The van der Waals surface area contributed by atoms with Gasteiger partial charge in [-0.15, -0.1) is 0 Å². The maximum absolute atomic E-state index is 9.57. The van der Waals surface area contributed by atoms with E-state index >= 15 is 0 Å². The van der Waals surface area contributed by atoms with Crippen molar-refractivity contribution >= 4 is 0 Å². The lowest BCUT2D eigenvalue weighted by molar-refractivity contribution is 0.149. The van der Waals surface area contributed by atoms with Crippen LogP contribution >= 0.6 is 0 Å². The maximum Gasteiger partial charge on any atom is 0.185 e. The Kier molecular flexibility index (Phi) is 1.63. The molecule has 0 bridgehead atoms. The Morgan fingerprint density at radius 2 is 2.21 bits per heavy atom. The standard InChI is InChI=1S/C10H14O4/c1-10-5(3-7-9(12)13-7)2-6(11)4-8(10)14-10/h3,6-9,11-12H,2,4H2,1H3/b5-3+/t6-,7?,8+,9?,10-/m1/s1. The Morgan fingerprint density at radius 3 is 2.86 bits per heavy atom. The zero-order valence-corrected chi connectivity index (χ0v) is 8.01. The number of hydrogen-bond acceptors (Lipinski definition) is 4. The van der Waals surface area contributed by atoms with E-state index < -0.39 is 6.29 Å². The number of ether oxygens (including phenoxy) is 2. The highest BCUT2D eigenvalue weighted by molar-refractivity contribution is 5.31. The van der Waals surface area contributed by atoms with E-state index in [1.165, 1.54) is 0 Å². The summed E-state index contributed by atoms with van der Waals surface area (Å²) in [5.74, 6) is 0. The molecule has 5 atom stereocenters. The van der Waals surface area contributed by atoms with Crippen LogP contribution in [0.25, 0.3) is 0 Å². The number of aliphatic hydroxyl groups excluding tert-OH is 2. The summed E-state index contributed by atoms with van der Waals surface area (Å²) >= 11 is 0. The zero-order chi connectivity index (χ0) is 9.92. The normalized spacial score (nSPS) is 58.4. The summed E-state index contributed by atoms with van der Waals surface area (Å²) in [4.78, 5) is 0. The van der Waals surface area contributed by atoms with Gasteiger partial charge in [0.25, 0.3) is 0 Å². The molecule has 2 unspecified atom stereocenters. The van der Waals surface area contributed by atoms with Gasteiger partial charge in [0.15, 0.2) is 6.29 Å². The summed E-state index contributed by atoms with van der Waals surface area (Å²) in [6, 6.07) is 0. The van der Waals surface area contributed by atoms with E-state index in [0.29, 0.717) is 6.42 Å². The van der Waals surface area contributed by atoms with Gasteiger partial charge in [-0.25, -0.2) is 0 Å². The average molecular weight is 198 g/mol. The first kappa shape index (κ1) is 8.85. The molecule has 4 heteroatoms. The molecule has 4 nitrogen and oxygen atoms in total. The van der Waals surface area contributed by atoms with Gasteiger partial charge in [-0.2, -0.15) is 0 Å². The first-order chi connectivity index (χ1) is 6.59. The third-order valence-corrected chi connectivity index (χ3v) is 3.39. The largest absolute Gasteiger partial charge is 0.393 e. The molecule has 0 radical (unpaired) electrons. The van der Waals surface area contributed by atoms with Crippen molar-refractivity contribution in [2.24, 2.45) is 0 Å². The second-order valence-electron chi connectivity index (χ2n) is 4.49. The number of hydrogen-bond donors (Lipinski definition) is 2. The number of fused-ring (bicyclic) bond motifs is 1. The van der Waals surface area contributed by atoms with E-state index in [1.807, 2.05) is 13.0 Å². The Balaban J connectivity index is 1.80. The molecular weight excluding hydrogens is 184 g/mol. The second-order valence-corrected chi connectivity index (χ2v) is 4.49. The van der Waals surface area contributed by atoms with E-state index in [0.717, 1.165) is 12.0 Å². The average Bonchev–Trinajstić information content (AvgIpc) is 2.93. The van der Waals surface area contributed by atoms with Gasteiger partial charge in [-0.05, 0) is 25.0 Å². The fourth-order valence-electron chi connectivity index (χ4n) is 2.27. The fraction of sp³-hybridized carbons (Fsp3) is 0.800. The molecular formula is C10H14O4. The summed E-state index contributed by atoms with van der Waals surface area (Å²) in [6.07, 6.45) is 2.28. The highest BCUT2D eigenvalue weighted by atomic mass is 16.7. The van der Waals surface area contributed by atoms with Crippen LogP contribution in [0.15, 0.2) is 11.6 Å². The van der Waals surface area contributed by atoms with Gasteiger partial charge in [0, 0.05) is 6.42 Å². The predicted octanol–water partition coefficient (Wildman–Crippen LogP) is -0.0578. The lowest BCUT2D eigenvalue weighted by Crippen LogP contribution is -2.27. The highest BCUT2D eigenvalue weighted by Crippen LogP contribution is 2.51. The maximum atomic E-state index is 9.57. The van der Waals surface area contributed by atoms with Crippen molar-refractivity contribution in [3.63, 3.8) is 0 Å². The molecule has 0 aromatic carbocycles. The predicted molar refractivity (Wildman–Crippen MR) is 47.5 cm³/mol. The third kappa shape index (κ3) is 1.22. The Hall–Kier alpha value is -0.420. The van der Waals surface area contributed by atoms with Gasteiger partial charge < -0.3 is 19.7 Å². The van der Waals surface area contributed by atoms with Crippen molar-refractivity contribution in [1.29, 1.82) is 0 Å². The molecule has 0 aromatic heterocycles. The molecule has 2 saturated heterocycles. The molecule has 2 heterocycles. The lowest BCUT2D eigenvalue weighted by Gasteiger charge is -2.21. The van der Waals surface area contributed by atoms with Gasteiger partial charge in [-0.3, -0.25) is 0 Å². The molecule has 2 N–H and O–H groups in total. The lowest BCUT2D eigenvalue weighted by atomic mass is 9.83. The van der Waals surface area contributed by atoms with E-state index in [4.69, 9.17) is 14.6 Å². The second kappa shape index (κ2) is 2.58. The minimum atomic E-state index is -0.651. The Bertz CT molecular complexity index is 300. The van der Waals surface area contributed by atoms with E-state index in [1.54, 1.807) is 0 Å². The minimum Gasteiger partial charge on any atom is -0.393 e. The molecule has 3 rings (SSSR count). The molecule has 1 saturated carbocycles. The summed E-state index contributed by atoms with van der Waals surface area (Å²) in [6.45, 7) is 2.03. The molecule has 14 heavy (non-hydrogen) atoms. The monoisotopic (exact) mass is 198 g/mol. The van der Waals surface area contributed by atoms with Gasteiger partial charge in [-0.1, -0.05) is 0 Å². The number of rotatable bonds is 1. The van der Waals surface area contributed by atoms with Gasteiger partial charge in [0.1, 0.15) is 11.7 Å². The van der Waals surface area contributed by atoms with Crippen LogP contribution in [-0.2, 0) is 9.47 Å². The summed E-state index contributed by atoms with van der Waals surface area (Å²) < 4.78 is 10.5. The van der Waals surface area contributed by atoms with Gasteiger partial charge in [0.05, 0.1) is 12.2 Å². The zero-order valence-electron chi connectivity index (χ0n) is 8.01. The van der Waals surface area contributed by atoms with Crippen molar-refractivity contribution in [3.05, 3.63) is 11.6 Å². The first-order valence-electron chi connectivity index (χ1n) is 5.00. The molecule has 0 spiro atoms. The van der Waals surface area contributed by atoms with Crippen molar-refractivity contribution in [2.45, 2.75) is 50.0 Å². The van der Waals surface area contributed by atoms with Gasteiger partial charge in [0.2, 0.25) is 0 Å². The van der Waals surface area contributed by atoms with Crippen LogP contribution in [0.5, 0.6) is 0 Å². The van der Waals surface area contributed by atoms with Crippen LogP contribution in [0.4, 0.5) is 0 Å². The van der Waals surface area contributed by atoms with Crippen LogP contribution in [0.2, 0.25) is 0 Å². The Morgan fingerprint density at radius 1 is 1.50 bits per heavy atom. The van der Waals surface area contributed by atoms with Crippen LogP contribution in [0, 0.1) is 0 Å². The van der Waals surface area contributed by atoms with Crippen molar-refractivity contribution < 1.29 is 19.7 Å². The number of epoxide rings is 2. The molecule has 0 aromatic rings. The molecule has 2 aliphatic heterocycles. The van der Waals surface area contributed by atoms with Crippen molar-refractivity contribution in [2.75, 3.05) is 0 Å². The SMILES string of the molecule is C[C@]12O[C@H]1C[C@H](O)C/C2=C\C1OC1O. The summed E-state index contributed by atoms with van der Waals surface area (Å²) in [5.41, 5.74) is 0.882. The van der Waals surface area contributed by atoms with E-state index in [-0.39, 0.29) is 23.9 Å². The third-order valence-electron chi connectivity index (χ3n) is 3.39. The summed E-state index contributed by atoms with van der Waals surface area (Å²) in [7, 11) is 0. The minimum absolute atomic E-state index is 0.161. The van der Waals surface area contributed by atoms with Crippen LogP contribution < -0.4 is 0 Å². The number of aliphatic hydroxyl groups is 2. The molecule has 3 aliphatic rings. The molecule has 78 valence electrons. The summed E-state index contributed by atoms with van der Waals surface area (Å²) in [5, 5.41) is 18.6. The van der Waals surface area contributed by atoms with Crippen LogP contribution in [0.3, 0.4) is 0 Å². The molecule has 0 amide bonds. The highest BCUT2D eigenvalue weighted by Gasteiger charge is 2.58. The van der Waals surface area contributed by atoms with Crippen LogP contribution in [-0.4, -0.2) is 40.4 Å². The molecule has 3 fully saturated rings. The Labute approximate surface area is 82.1 Å². The molecule has 1 aliphatic carbocycles. The van der Waals surface area contributed by atoms with Crippen molar-refractivity contribution in [3.8, 4) is 0 Å². The van der Waals surface area contributed by atoms with Gasteiger partial charge >= 0.3 is 0 Å². The van der Waals surface area contributed by atoms with E-state index in [9.17, 15) is 5.11 Å². The first-order valence-corrected chi connectivity index (χ1v) is 5.00.